The lowest BCUT2D eigenvalue weighted by Crippen LogP contribution is -2.17. The molecule has 0 spiro atoms. The zero-order valence-electron chi connectivity index (χ0n) is 9.03. The lowest BCUT2D eigenvalue weighted by molar-refractivity contribution is -0.108. The van der Waals surface area contributed by atoms with E-state index in [2.05, 4.69) is 0 Å². The summed E-state index contributed by atoms with van der Waals surface area (Å²) in [4.78, 5) is 10.4. The highest BCUT2D eigenvalue weighted by Gasteiger charge is 2.21. The first-order valence-corrected chi connectivity index (χ1v) is 5.25. The van der Waals surface area contributed by atoms with Crippen molar-refractivity contribution in [1.82, 2.24) is 0 Å². The van der Waals surface area contributed by atoms with Crippen LogP contribution in [-0.2, 0) is 4.79 Å². The van der Waals surface area contributed by atoms with Gasteiger partial charge >= 0.3 is 0 Å². The second-order valence-electron chi connectivity index (χ2n) is 3.80. The summed E-state index contributed by atoms with van der Waals surface area (Å²) in [6.45, 7) is 2.61. The molecule has 0 amide bonds. The molecule has 1 unspecified atom stereocenters. The predicted molar refractivity (Wildman–Crippen MR) is 56.5 cm³/mol. The van der Waals surface area contributed by atoms with Gasteiger partial charge in [0.1, 0.15) is 19.5 Å². The fourth-order valence-electron chi connectivity index (χ4n) is 1.75. The minimum absolute atomic E-state index is 0.145. The molecule has 1 atom stereocenters. The van der Waals surface area contributed by atoms with Crippen molar-refractivity contribution in [1.29, 1.82) is 0 Å². The fourth-order valence-corrected chi connectivity index (χ4v) is 1.75. The first-order valence-electron chi connectivity index (χ1n) is 5.25. The zero-order valence-corrected chi connectivity index (χ0v) is 9.03. The van der Waals surface area contributed by atoms with Gasteiger partial charge in [-0.05, 0) is 17.5 Å². The van der Waals surface area contributed by atoms with Crippen LogP contribution in [0, 0.1) is 5.82 Å². The summed E-state index contributed by atoms with van der Waals surface area (Å²) in [6, 6.07) is 3.34. The Morgan fingerprint density at radius 1 is 1.44 bits per heavy atom. The van der Waals surface area contributed by atoms with E-state index in [1.165, 1.54) is 0 Å². The molecule has 1 aromatic rings. The number of ether oxygens (including phenoxy) is 2. The van der Waals surface area contributed by atoms with Crippen LogP contribution in [0.4, 0.5) is 4.39 Å². The summed E-state index contributed by atoms with van der Waals surface area (Å²) < 4.78 is 24.5. The molecule has 1 aliphatic heterocycles. The van der Waals surface area contributed by atoms with Gasteiger partial charge in [-0.25, -0.2) is 4.39 Å². The van der Waals surface area contributed by atoms with Crippen molar-refractivity contribution >= 4 is 6.29 Å². The lowest BCUT2D eigenvalue weighted by Gasteiger charge is -2.21. The molecule has 1 aromatic carbocycles. The number of hydrogen-bond acceptors (Lipinski definition) is 3. The molecule has 0 fully saturated rings. The quantitative estimate of drug-likeness (QED) is 0.739. The van der Waals surface area contributed by atoms with Gasteiger partial charge in [0, 0.05) is 6.42 Å². The summed E-state index contributed by atoms with van der Waals surface area (Å²) >= 11 is 0. The smallest absolute Gasteiger partial charge is 0.197 e. The van der Waals surface area contributed by atoms with Gasteiger partial charge < -0.3 is 14.3 Å². The first-order chi connectivity index (χ1) is 7.74. The highest BCUT2D eigenvalue weighted by Crippen LogP contribution is 2.37. The summed E-state index contributed by atoms with van der Waals surface area (Å²) in [6.07, 6.45) is 1.09. The number of halogens is 1. The monoisotopic (exact) mass is 224 g/mol. The number of hydrogen-bond donors (Lipinski definition) is 0. The van der Waals surface area contributed by atoms with Crippen molar-refractivity contribution in [2.45, 2.75) is 19.3 Å². The Hall–Kier alpha value is -1.58. The molecule has 0 saturated heterocycles. The van der Waals surface area contributed by atoms with E-state index in [0.29, 0.717) is 30.9 Å². The molecule has 2 rings (SSSR count). The number of aldehydes is 1. The average Bonchev–Trinajstić information content (AvgIpc) is 2.30. The van der Waals surface area contributed by atoms with Gasteiger partial charge in [-0.3, -0.25) is 0 Å². The van der Waals surface area contributed by atoms with Crippen LogP contribution < -0.4 is 9.47 Å². The van der Waals surface area contributed by atoms with E-state index in [-0.39, 0.29) is 11.7 Å². The Bertz CT molecular complexity index is 403. The first kappa shape index (κ1) is 10.9. The van der Waals surface area contributed by atoms with Gasteiger partial charge in [0.15, 0.2) is 17.3 Å². The SMILES string of the molecule is CC(CC=O)c1ccc2c(c1F)OCCO2. The van der Waals surface area contributed by atoms with Crippen LogP contribution in [0.15, 0.2) is 12.1 Å². The molecule has 1 aliphatic rings. The number of benzene rings is 1. The Morgan fingerprint density at radius 2 is 2.19 bits per heavy atom. The van der Waals surface area contributed by atoms with Crippen molar-refractivity contribution in [3.05, 3.63) is 23.5 Å². The molecule has 0 bridgehead atoms. The molecule has 86 valence electrons. The summed E-state index contributed by atoms with van der Waals surface area (Å²) in [5.41, 5.74) is 0.497. The summed E-state index contributed by atoms with van der Waals surface area (Å²) in [7, 11) is 0. The van der Waals surface area contributed by atoms with Gasteiger partial charge in [-0.15, -0.1) is 0 Å². The molecule has 1 heterocycles. The Morgan fingerprint density at radius 3 is 2.94 bits per heavy atom. The van der Waals surface area contributed by atoms with Crippen molar-refractivity contribution in [3.8, 4) is 11.5 Å². The van der Waals surface area contributed by atoms with Gasteiger partial charge in [-0.2, -0.15) is 0 Å². The molecule has 3 nitrogen and oxygen atoms in total. The normalized spacial score (nSPS) is 15.6. The van der Waals surface area contributed by atoms with Gasteiger partial charge in [0.25, 0.3) is 0 Å². The van der Waals surface area contributed by atoms with E-state index in [4.69, 9.17) is 9.47 Å². The second-order valence-corrected chi connectivity index (χ2v) is 3.80. The predicted octanol–water partition coefficient (Wildman–Crippen LogP) is 2.29. The average molecular weight is 224 g/mol. The van der Waals surface area contributed by atoms with Gasteiger partial charge in [-0.1, -0.05) is 13.0 Å². The van der Waals surface area contributed by atoms with Crippen LogP contribution in [0.5, 0.6) is 11.5 Å². The number of fused-ring (bicyclic) bond motifs is 1. The van der Waals surface area contributed by atoms with E-state index in [1.54, 1.807) is 12.1 Å². The highest BCUT2D eigenvalue weighted by molar-refractivity contribution is 5.53. The van der Waals surface area contributed by atoms with Crippen LogP contribution in [-0.4, -0.2) is 19.5 Å². The van der Waals surface area contributed by atoms with Gasteiger partial charge in [0.2, 0.25) is 0 Å². The van der Waals surface area contributed by atoms with Gasteiger partial charge in [0.05, 0.1) is 0 Å². The van der Waals surface area contributed by atoms with E-state index in [9.17, 15) is 9.18 Å². The van der Waals surface area contributed by atoms with Crippen molar-refractivity contribution in [3.63, 3.8) is 0 Å². The molecule has 0 N–H and O–H groups in total. The fraction of sp³-hybridized carbons (Fsp3) is 0.417. The van der Waals surface area contributed by atoms with Crippen molar-refractivity contribution in [2.75, 3.05) is 13.2 Å². The number of rotatable bonds is 3. The number of carbonyl (C=O) groups excluding carboxylic acids is 1. The maximum absolute atomic E-state index is 14.0. The minimum atomic E-state index is -0.411. The topological polar surface area (TPSA) is 35.5 Å². The van der Waals surface area contributed by atoms with E-state index < -0.39 is 5.82 Å². The van der Waals surface area contributed by atoms with E-state index in [0.717, 1.165) is 6.29 Å². The molecular weight excluding hydrogens is 211 g/mol. The molecule has 0 saturated carbocycles. The maximum Gasteiger partial charge on any atom is 0.197 e. The largest absolute Gasteiger partial charge is 0.486 e. The van der Waals surface area contributed by atoms with Crippen LogP contribution >= 0.6 is 0 Å². The molecule has 0 aromatic heterocycles. The molecule has 0 aliphatic carbocycles. The Labute approximate surface area is 93.2 Å². The minimum Gasteiger partial charge on any atom is -0.486 e. The summed E-state index contributed by atoms with van der Waals surface area (Å²) in [5, 5.41) is 0. The highest BCUT2D eigenvalue weighted by atomic mass is 19.1. The van der Waals surface area contributed by atoms with E-state index in [1.807, 2.05) is 6.92 Å². The van der Waals surface area contributed by atoms with Crippen LogP contribution in [0.1, 0.15) is 24.8 Å². The molecule has 0 radical (unpaired) electrons. The molecule has 4 heteroatoms. The zero-order chi connectivity index (χ0) is 11.5. The third-order valence-electron chi connectivity index (χ3n) is 2.66. The Balaban J connectivity index is 2.37. The lowest BCUT2D eigenvalue weighted by atomic mass is 9.97. The van der Waals surface area contributed by atoms with Crippen LogP contribution in [0.2, 0.25) is 0 Å². The Kier molecular flexibility index (Phi) is 3.08. The van der Waals surface area contributed by atoms with E-state index >= 15 is 0 Å². The molecular formula is C12H13FO3. The third kappa shape index (κ3) is 1.87. The maximum atomic E-state index is 14.0. The van der Waals surface area contributed by atoms with Crippen LogP contribution in [0.3, 0.4) is 0 Å². The third-order valence-corrected chi connectivity index (χ3v) is 2.66. The number of carbonyl (C=O) groups is 1. The second kappa shape index (κ2) is 4.51. The summed E-state index contributed by atoms with van der Waals surface area (Å²) in [5.74, 6) is 0.0483. The molecule has 16 heavy (non-hydrogen) atoms. The van der Waals surface area contributed by atoms with Crippen molar-refractivity contribution in [2.24, 2.45) is 0 Å². The van der Waals surface area contributed by atoms with Crippen molar-refractivity contribution < 1.29 is 18.7 Å². The standard InChI is InChI=1S/C12H13FO3/c1-8(4-5-14)9-2-3-10-12(11(9)13)16-7-6-15-10/h2-3,5,8H,4,6-7H2,1H3. The van der Waals surface area contributed by atoms with Crippen LogP contribution in [0.25, 0.3) is 0 Å².